The van der Waals surface area contributed by atoms with Crippen molar-refractivity contribution in [3.63, 3.8) is 0 Å². The molecule has 2 N–H and O–H groups in total. The number of carbonyl (C=O) groups is 1. The van der Waals surface area contributed by atoms with Crippen molar-refractivity contribution in [2.45, 2.75) is 26.3 Å². The molecule has 1 aliphatic rings. The van der Waals surface area contributed by atoms with Crippen molar-refractivity contribution >= 4 is 6.03 Å². The van der Waals surface area contributed by atoms with Gasteiger partial charge in [-0.1, -0.05) is 35.0 Å². The summed E-state index contributed by atoms with van der Waals surface area (Å²) >= 11 is 0. The van der Waals surface area contributed by atoms with E-state index in [4.69, 9.17) is 9.63 Å². The number of rotatable bonds is 7. The first-order valence-electron chi connectivity index (χ1n) is 9.77. The van der Waals surface area contributed by atoms with E-state index < -0.39 is 0 Å². The molecule has 1 saturated heterocycles. The molecule has 3 rings (SSSR count). The fourth-order valence-electron chi connectivity index (χ4n) is 3.44. The fraction of sp³-hybridized carbons (Fsp3) is 0.550. The highest BCUT2D eigenvalue weighted by Gasteiger charge is 2.22. The summed E-state index contributed by atoms with van der Waals surface area (Å²) in [5, 5.41) is 15.8. The van der Waals surface area contributed by atoms with Crippen LogP contribution in [0, 0.1) is 12.8 Å². The minimum atomic E-state index is -0.145. The van der Waals surface area contributed by atoms with Crippen LogP contribution < -0.4 is 5.32 Å². The first-order chi connectivity index (χ1) is 13.5. The molecule has 0 atom stereocenters. The van der Waals surface area contributed by atoms with Gasteiger partial charge in [0.25, 0.3) is 0 Å². The molecule has 0 aliphatic carbocycles. The van der Waals surface area contributed by atoms with Crippen LogP contribution in [0.1, 0.15) is 24.3 Å². The lowest BCUT2D eigenvalue weighted by atomic mass is 9.96. The summed E-state index contributed by atoms with van der Waals surface area (Å²) in [7, 11) is 1.81. The first kappa shape index (κ1) is 20.3. The van der Waals surface area contributed by atoms with Gasteiger partial charge in [0.05, 0.1) is 13.2 Å². The second kappa shape index (κ2) is 9.66. The number of aliphatic hydroxyl groups is 1. The van der Waals surface area contributed by atoms with E-state index in [0.717, 1.165) is 44.6 Å². The van der Waals surface area contributed by atoms with E-state index in [9.17, 15) is 4.79 Å². The maximum absolute atomic E-state index is 12.4. The van der Waals surface area contributed by atoms with Crippen LogP contribution in [0.5, 0.6) is 0 Å². The lowest BCUT2D eigenvalue weighted by Gasteiger charge is -2.33. The smallest absolute Gasteiger partial charge is 0.317 e. The third kappa shape index (κ3) is 5.53. The number of carbonyl (C=O) groups excluding carboxylic acids is 1. The van der Waals surface area contributed by atoms with Crippen molar-refractivity contribution < 1.29 is 14.4 Å². The summed E-state index contributed by atoms with van der Waals surface area (Å²) in [5.74, 6) is 1.39. The largest absolute Gasteiger partial charge is 0.395 e. The van der Waals surface area contributed by atoms with Gasteiger partial charge >= 0.3 is 6.03 Å². The van der Waals surface area contributed by atoms with Gasteiger partial charge in [-0.3, -0.25) is 0 Å². The van der Waals surface area contributed by atoms with Crippen molar-refractivity contribution in [2.75, 3.05) is 39.8 Å². The van der Waals surface area contributed by atoms with E-state index in [1.165, 1.54) is 5.56 Å². The molecule has 2 amide bonds. The number of hydrogen-bond donors (Lipinski definition) is 2. The minimum Gasteiger partial charge on any atom is -0.395 e. The maximum atomic E-state index is 12.4. The third-order valence-electron chi connectivity index (χ3n) is 5.17. The number of urea groups is 1. The van der Waals surface area contributed by atoms with Gasteiger partial charge in [-0.15, -0.1) is 0 Å². The summed E-state index contributed by atoms with van der Waals surface area (Å²) < 4.78 is 5.24. The molecule has 1 aromatic carbocycles. The molecule has 0 bridgehead atoms. The third-order valence-corrected chi connectivity index (χ3v) is 5.17. The van der Waals surface area contributed by atoms with Crippen molar-refractivity contribution in [3.8, 4) is 11.4 Å². The van der Waals surface area contributed by atoms with Crippen LogP contribution in [0.2, 0.25) is 0 Å². The Hall–Kier alpha value is -2.45. The number of aliphatic hydroxyl groups excluding tert-OH is 1. The summed E-state index contributed by atoms with van der Waals surface area (Å²) in [6.45, 7) is 5.84. The summed E-state index contributed by atoms with van der Waals surface area (Å²) in [6, 6.07) is 7.74. The van der Waals surface area contributed by atoms with Crippen molar-refractivity contribution in [2.24, 2.45) is 5.92 Å². The molecule has 8 nitrogen and oxygen atoms in total. The lowest BCUT2D eigenvalue weighted by Crippen LogP contribution is -2.43. The van der Waals surface area contributed by atoms with Crippen molar-refractivity contribution in [3.05, 3.63) is 35.7 Å². The number of amides is 2. The normalized spacial score (nSPS) is 15.5. The Labute approximate surface area is 165 Å². The second-order valence-electron chi connectivity index (χ2n) is 7.43. The Morgan fingerprint density at radius 1 is 1.32 bits per heavy atom. The monoisotopic (exact) mass is 387 g/mol. The van der Waals surface area contributed by atoms with Gasteiger partial charge in [-0.2, -0.15) is 4.98 Å². The van der Waals surface area contributed by atoms with Crippen LogP contribution in [0.3, 0.4) is 0 Å². The average Bonchev–Trinajstić information content (AvgIpc) is 3.17. The first-order valence-corrected chi connectivity index (χ1v) is 9.77. The SMILES string of the molecule is Cc1ccc(-c2noc(CNC(=O)N(C)CC3CCN(CCO)CC3)n2)cc1. The second-order valence-corrected chi connectivity index (χ2v) is 7.43. The number of nitrogens with one attached hydrogen (secondary N) is 1. The zero-order valence-corrected chi connectivity index (χ0v) is 16.6. The van der Waals surface area contributed by atoms with Gasteiger partial charge in [0.2, 0.25) is 11.7 Å². The molecular weight excluding hydrogens is 358 g/mol. The van der Waals surface area contributed by atoms with Crippen LogP contribution in [0.4, 0.5) is 4.79 Å². The number of piperidine rings is 1. The van der Waals surface area contributed by atoms with Gasteiger partial charge in [-0.25, -0.2) is 4.79 Å². The molecule has 2 aromatic rings. The molecule has 1 fully saturated rings. The van der Waals surface area contributed by atoms with Gasteiger partial charge < -0.3 is 24.7 Å². The Kier molecular flexibility index (Phi) is 7.00. The zero-order chi connectivity index (χ0) is 19.9. The van der Waals surface area contributed by atoms with Crippen LogP contribution in [-0.4, -0.2) is 70.9 Å². The average molecular weight is 387 g/mol. The van der Waals surface area contributed by atoms with Gasteiger partial charge in [0, 0.05) is 25.7 Å². The van der Waals surface area contributed by atoms with Gasteiger partial charge in [0.15, 0.2) is 0 Å². The highest BCUT2D eigenvalue weighted by atomic mass is 16.5. The van der Waals surface area contributed by atoms with Crippen LogP contribution in [0.15, 0.2) is 28.8 Å². The summed E-state index contributed by atoms with van der Waals surface area (Å²) in [5.41, 5.74) is 2.05. The lowest BCUT2D eigenvalue weighted by molar-refractivity contribution is 0.132. The molecule has 8 heteroatoms. The topological polar surface area (TPSA) is 94.7 Å². The van der Waals surface area contributed by atoms with E-state index in [1.807, 2.05) is 31.2 Å². The molecule has 0 spiro atoms. The van der Waals surface area contributed by atoms with Crippen molar-refractivity contribution in [1.29, 1.82) is 0 Å². The van der Waals surface area contributed by atoms with E-state index in [1.54, 1.807) is 11.9 Å². The number of nitrogens with zero attached hydrogens (tertiary/aromatic N) is 4. The number of aryl methyl sites for hydroxylation is 1. The standard InChI is InChI=1S/C20H29N5O3/c1-15-3-5-17(6-4-15)19-22-18(28-23-19)13-21-20(27)24(2)14-16-7-9-25(10-8-16)11-12-26/h3-6,16,26H,7-14H2,1-2H3,(H,21,27). The van der Waals surface area contributed by atoms with Crippen LogP contribution >= 0.6 is 0 Å². The molecule has 1 aliphatic heterocycles. The number of aromatic nitrogens is 2. The molecule has 28 heavy (non-hydrogen) atoms. The van der Waals surface area contributed by atoms with Gasteiger partial charge in [-0.05, 0) is 38.8 Å². The summed E-state index contributed by atoms with van der Waals surface area (Å²) in [6.07, 6.45) is 2.09. The molecule has 0 radical (unpaired) electrons. The Morgan fingerprint density at radius 3 is 2.71 bits per heavy atom. The van der Waals surface area contributed by atoms with E-state index >= 15 is 0 Å². The van der Waals surface area contributed by atoms with E-state index in [2.05, 4.69) is 20.4 Å². The highest BCUT2D eigenvalue weighted by Crippen LogP contribution is 2.18. The molecule has 2 heterocycles. The number of benzene rings is 1. The van der Waals surface area contributed by atoms with Crippen LogP contribution in [0.25, 0.3) is 11.4 Å². The predicted octanol–water partition coefficient (Wildman–Crippen LogP) is 1.89. The maximum Gasteiger partial charge on any atom is 0.317 e. The molecule has 1 aromatic heterocycles. The fourth-order valence-corrected chi connectivity index (χ4v) is 3.44. The van der Waals surface area contributed by atoms with E-state index in [0.29, 0.717) is 17.6 Å². The predicted molar refractivity (Wildman–Crippen MR) is 106 cm³/mol. The van der Waals surface area contributed by atoms with Gasteiger partial charge in [0.1, 0.15) is 0 Å². The molecule has 0 saturated carbocycles. The Balaban J connectivity index is 1.43. The number of hydrogen-bond acceptors (Lipinski definition) is 6. The van der Waals surface area contributed by atoms with Crippen LogP contribution in [-0.2, 0) is 6.54 Å². The highest BCUT2D eigenvalue weighted by molar-refractivity contribution is 5.73. The zero-order valence-electron chi connectivity index (χ0n) is 16.6. The van der Waals surface area contributed by atoms with E-state index in [-0.39, 0.29) is 19.2 Å². The quantitative estimate of drug-likeness (QED) is 0.753. The molecule has 152 valence electrons. The Morgan fingerprint density at radius 2 is 2.04 bits per heavy atom. The Bertz CT molecular complexity index is 753. The summed E-state index contributed by atoms with van der Waals surface area (Å²) in [4.78, 5) is 20.7. The number of β-amino-alcohol motifs (C(OH)–C–C–N with tert-alkyl or cyclic N) is 1. The van der Waals surface area contributed by atoms with Crippen molar-refractivity contribution in [1.82, 2.24) is 25.3 Å². The minimum absolute atomic E-state index is 0.145. The molecule has 0 unspecified atom stereocenters. The molecular formula is C20H29N5O3. The number of likely N-dealkylation sites (tertiary alicyclic amines) is 1.